The van der Waals surface area contributed by atoms with E-state index in [1.165, 1.54) is 19.5 Å². The zero-order chi connectivity index (χ0) is 11.3. The molecule has 1 aromatic heterocycles. The lowest BCUT2D eigenvalue weighted by Gasteiger charge is -2.57. The Kier molecular flexibility index (Phi) is 2.11. The van der Waals surface area contributed by atoms with Gasteiger partial charge in [0.25, 0.3) is 0 Å². The van der Waals surface area contributed by atoms with E-state index < -0.39 is 0 Å². The molecule has 0 N–H and O–H groups in total. The van der Waals surface area contributed by atoms with Gasteiger partial charge in [0.05, 0.1) is 0 Å². The van der Waals surface area contributed by atoms with Crippen LogP contribution in [0.3, 0.4) is 0 Å². The monoisotopic (exact) mass is 220 g/mol. The first-order chi connectivity index (χ1) is 7.55. The lowest BCUT2D eigenvalue weighted by Crippen LogP contribution is -2.60. The van der Waals surface area contributed by atoms with Crippen LogP contribution in [0.2, 0.25) is 0 Å². The van der Waals surface area contributed by atoms with Gasteiger partial charge in [-0.2, -0.15) is 0 Å². The molecule has 0 spiro atoms. The summed E-state index contributed by atoms with van der Waals surface area (Å²) in [5.74, 6) is 1.60. The van der Waals surface area contributed by atoms with Crippen molar-refractivity contribution in [3.63, 3.8) is 0 Å². The molecule has 4 nitrogen and oxygen atoms in total. The van der Waals surface area contributed by atoms with Gasteiger partial charge in [0.2, 0.25) is 0 Å². The molecule has 3 aliphatic rings. The van der Waals surface area contributed by atoms with Gasteiger partial charge in [-0.3, -0.25) is 4.90 Å². The number of hydrogen-bond donors (Lipinski definition) is 0. The summed E-state index contributed by atoms with van der Waals surface area (Å²) in [6.07, 6.45) is 5.13. The van der Waals surface area contributed by atoms with Crippen LogP contribution in [0.15, 0.2) is 12.7 Å². The minimum Gasteiger partial charge on any atom is -0.316 e. The van der Waals surface area contributed by atoms with Gasteiger partial charge >= 0.3 is 0 Å². The van der Waals surface area contributed by atoms with Gasteiger partial charge in [-0.05, 0) is 39.0 Å². The molecule has 2 atom stereocenters. The molecule has 1 aliphatic carbocycles. The van der Waals surface area contributed by atoms with Crippen LogP contribution in [0.5, 0.6) is 0 Å². The van der Waals surface area contributed by atoms with Gasteiger partial charge in [0, 0.05) is 24.7 Å². The lowest BCUT2D eigenvalue weighted by atomic mass is 9.65. The Morgan fingerprint density at radius 2 is 1.62 bits per heavy atom. The quantitative estimate of drug-likeness (QED) is 0.720. The maximum absolute atomic E-state index is 3.92. The molecular weight excluding hydrogens is 200 g/mol. The van der Waals surface area contributed by atoms with E-state index >= 15 is 0 Å². The summed E-state index contributed by atoms with van der Waals surface area (Å²) in [7, 11) is 0. The van der Waals surface area contributed by atoms with Crippen molar-refractivity contribution < 1.29 is 0 Å². The third-order valence-corrected chi connectivity index (χ3v) is 4.21. The minimum absolute atomic E-state index is 0.315. The molecule has 1 saturated carbocycles. The Labute approximate surface area is 96.7 Å². The second-order valence-electron chi connectivity index (χ2n) is 6.23. The van der Waals surface area contributed by atoms with E-state index in [0.29, 0.717) is 11.6 Å². The van der Waals surface area contributed by atoms with E-state index in [1.54, 1.807) is 0 Å². The minimum atomic E-state index is 0.315. The number of hydrogen-bond acceptors (Lipinski definition) is 3. The zero-order valence-electron chi connectivity index (χ0n) is 10.3. The van der Waals surface area contributed by atoms with Crippen molar-refractivity contribution >= 4 is 0 Å². The van der Waals surface area contributed by atoms with Crippen molar-refractivity contribution in [3.05, 3.63) is 12.7 Å². The Morgan fingerprint density at radius 3 is 2.12 bits per heavy atom. The molecule has 4 rings (SSSR count). The zero-order valence-corrected chi connectivity index (χ0v) is 10.3. The summed E-state index contributed by atoms with van der Waals surface area (Å²) in [6.45, 7) is 9.38. The first kappa shape index (κ1) is 10.3. The molecule has 16 heavy (non-hydrogen) atoms. The standard InChI is InChI=1S/C12H20N4/c1-12(2,3)16-5-9-4-10(6-16)11(9)15-7-13-14-8-15/h7-11H,4-6H2,1-3H3. The predicted octanol–water partition coefficient (Wildman–Crippen LogP) is 1.57. The second-order valence-corrected chi connectivity index (χ2v) is 6.23. The fraction of sp³-hybridized carbons (Fsp3) is 0.833. The Bertz CT molecular complexity index is 353. The highest BCUT2D eigenvalue weighted by molar-refractivity contribution is 5.03. The van der Waals surface area contributed by atoms with E-state index in [4.69, 9.17) is 0 Å². The van der Waals surface area contributed by atoms with Crippen molar-refractivity contribution in [1.82, 2.24) is 19.7 Å². The van der Waals surface area contributed by atoms with Crippen LogP contribution in [0.1, 0.15) is 33.2 Å². The Morgan fingerprint density at radius 1 is 1.06 bits per heavy atom. The van der Waals surface area contributed by atoms with Gasteiger partial charge in [-0.1, -0.05) is 0 Å². The van der Waals surface area contributed by atoms with Gasteiger partial charge < -0.3 is 4.57 Å². The summed E-state index contributed by atoms with van der Waals surface area (Å²) in [6, 6.07) is 0.661. The fourth-order valence-electron chi connectivity index (χ4n) is 3.26. The van der Waals surface area contributed by atoms with Crippen LogP contribution in [0.4, 0.5) is 0 Å². The summed E-state index contributed by atoms with van der Waals surface area (Å²) in [5, 5.41) is 7.84. The third kappa shape index (κ3) is 1.47. The van der Waals surface area contributed by atoms with Crippen LogP contribution < -0.4 is 0 Å². The normalized spacial score (nSPS) is 34.8. The first-order valence-electron chi connectivity index (χ1n) is 6.15. The van der Waals surface area contributed by atoms with Crippen molar-refractivity contribution in [2.24, 2.45) is 11.8 Å². The van der Waals surface area contributed by atoms with Gasteiger partial charge in [-0.25, -0.2) is 0 Å². The smallest absolute Gasteiger partial charge is 0.119 e. The fourth-order valence-corrected chi connectivity index (χ4v) is 3.26. The highest BCUT2D eigenvalue weighted by Gasteiger charge is 2.49. The summed E-state index contributed by atoms with van der Waals surface area (Å²) in [4.78, 5) is 2.62. The SMILES string of the molecule is CC(C)(C)N1CC2CC(C1)C2n1cnnc1. The molecule has 0 amide bonds. The first-order valence-corrected chi connectivity index (χ1v) is 6.15. The number of nitrogens with zero attached hydrogens (tertiary/aromatic N) is 4. The highest BCUT2D eigenvalue weighted by atomic mass is 15.3. The maximum atomic E-state index is 3.92. The predicted molar refractivity (Wildman–Crippen MR) is 62.0 cm³/mol. The van der Waals surface area contributed by atoms with Crippen molar-refractivity contribution in [1.29, 1.82) is 0 Å². The molecule has 2 bridgehead atoms. The molecular formula is C12H20N4. The van der Waals surface area contributed by atoms with E-state index in [9.17, 15) is 0 Å². The van der Waals surface area contributed by atoms with E-state index in [1.807, 2.05) is 12.7 Å². The van der Waals surface area contributed by atoms with E-state index in [-0.39, 0.29) is 0 Å². The Hall–Kier alpha value is -0.900. The number of fused-ring (bicyclic) bond motifs is 2. The molecule has 0 aromatic carbocycles. The average molecular weight is 220 g/mol. The van der Waals surface area contributed by atoms with Gasteiger partial charge in [-0.15, -0.1) is 10.2 Å². The summed E-state index contributed by atoms with van der Waals surface area (Å²) in [5.41, 5.74) is 0.315. The van der Waals surface area contributed by atoms with E-state index in [2.05, 4.69) is 40.4 Å². The lowest BCUT2D eigenvalue weighted by molar-refractivity contribution is -0.0688. The molecule has 2 unspecified atom stereocenters. The summed E-state index contributed by atoms with van der Waals surface area (Å²) >= 11 is 0. The largest absolute Gasteiger partial charge is 0.316 e. The average Bonchev–Trinajstić information content (AvgIpc) is 2.69. The molecule has 88 valence electrons. The van der Waals surface area contributed by atoms with Crippen LogP contribution in [-0.2, 0) is 0 Å². The van der Waals surface area contributed by atoms with Crippen LogP contribution in [0, 0.1) is 11.8 Å². The molecule has 1 aromatic rings. The number of rotatable bonds is 1. The molecule has 2 aliphatic heterocycles. The van der Waals surface area contributed by atoms with Crippen molar-refractivity contribution in [2.45, 2.75) is 38.8 Å². The molecule has 4 heteroatoms. The topological polar surface area (TPSA) is 34.0 Å². The van der Waals surface area contributed by atoms with E-state index in [0.717, 1.165) is 11.8 Å². The van der Waals surface area contributed by atoms with Crippen molar-refractivity contribution in [3.8, 4) is 0 Å². The Balaban J connectivity index is 1.74. The molecule has 3 heterocycles. The molecule has 3 fully saturated rings. The summed E-state index contributed by atoms with van der Waals surface area (Å²) < 4.78 is 2.21. The van der Waals surface area contributed by atoms with Crippen molar-refractivity contribution in [2.75, 3.05) is 13.1 Å². The highest BCUT2D eigenvalue weighted by Crippen LogP contribution is 2.49. The van der Waals surface area contributed by atoms with Crippen LogP contribution in [-0.4, -0.2) is 38.3 Å². The maximum Gasteiger partial charge on any atom is 0.119 e. The van der Waals surface area contributed by atoms with Gasteiger partial charge in [0.15, 0.2) is 0 Å². The number of aromatic nitrogens is 3. The molecule has 0 radical (unpaired) electrons. The third-order valence-electron chi connectivity index (χ3n) is 4.21. The molecule has 2 saturated heterocycles. The number of piperidine rings is 2. The van der Waals surface area contributed by atoms with Crippen LogP contribution in [0.25, 0.3) is 0 Å². The van der Waals surface area contributed by atoms with Gasteiger partial charge in [0.1, 0.15) is 12.7 Å². The second kappa shape index (κ2) is 3.29. The van der Waals surface area contributed by atoms with Crippen LogP contribution >= 0.6 is 0 Å².